The number of rotatable bonds is 3. The second-order valence-electron chi connectivity index (χ2n) is 3.49. The van der Waals surface area contributed by atoms with E-state index in [1.165, 1.54) is 10.5 Å². The lowest BCUT2D eigenvalue weighted by Crippen LogP contribution is -1.80. The van der Waals surface area contributed by atoms with Gasteiger partial charge in [-0.05, 0) is 25.5 Å². The van der Waals surface area contributed by atoms with Gasteiger partial charge in [0.1, 0.15) is 5.76 Å². The summed E-state index contributed by atoms with van der Waals surface area (Å²) < 4.78 is 5.16. The van der Waals surface area contributed by atoms with Crippen LogP contribution in [0, 0.1) is 13.8 Å². The fraction of sp³-hybridized carbons (Fsp3) is 0.250. The minimum Gasteiger partial charge on any atom is -0.360 e. The second-order valence-corrected chi connectivity index (χ2v) is 4.51. The summed E-state index contributed by atoms with van der Waals surface area (Å²) in [5, 5.41) is 3.86. The van der Waals surface area contributed by atoms with Crippen molar-refractivity contribution in [3.05, 3.63) is 47.3 Å². The zero-order chi connectivity index (χ0) is 10.7. The maximum absolute atomic E-state index is 5.16. The highest BCUT2D eigenvalue weighted by atomic mass is 32.2. The Morgan fingerprint density at radius 2 is 2.07 bits per heavy atom. The van der Waals surface area contributed by atoms with Gasteiger partial charge in [-0.1, -0.05) is 23.4 Å². The van der Waals surface area contributed by atoms with E-state index >= 15 is 0 Å². The quantitative estimate of drug-likeness (QED) is 0.738. The molecule has 0 spiro atoms. The minimum atomic E-state index is 0.839. The molecule has 0 N–H and O–H groups in total. The van der Waals surface area contributed by atoms with Crippen molar-refractivity contribution in [2.75, 3.05) is 0 Å². The molecule has 0 saturated heterocycles. The van der Waals surface area contributed by atoms with Crippen LogP contribution in [0.1, 0.15) is 17.0 Å². The third-order valence-corrected chi connectivity index (χ3v) is 3.34. The monoisotopic (exact) mass is 219 g/mol. The van der Waals surface area contributed by atoms with Gasteiger partial charge in [0, 0.05) is 11.0 Å². The molecule has 1 aromatic carbocycles. The molecule has 2 nitrogen and oxygen atoms in total. The van der Waals surface area contributed by atoms with Crippen LogP contribution in [0.4, 0.5) is 0 Å². The van der Waals surface area contributed by atoms with Crippen molar-refractivity contribution in [2.24, 2.45) is 0 Å². The topological polar surface area (TPSA) is 26.0 Å². The zero-order valence-electron chi connectivity index (χ0n) is 8.86. The Morgan fingerprint density at radius 3 is 2.73 bits per heavy atom. The molecule has 1 heterocycles. The van der Waals surface area contributed by atoms with Crippen LogP contribution in [0.5, 0.6) is 0 Å². The van der Waals surface area contributed by atoms with E-state index < -0.39 is 0 Å². The Morgan fingerprint density at radius 1 is 1.27 bits per heavy atom. The number of aromatic nitrogens is 1. The molecule has 1 aromatic heterocycles. The van der Waals surface area contributed by atoms with Crippen molar-refractivity contribution >= 4 is 11.8 Å². The summed E-state index contributed by atoms with van der Waals surface area (Å²) in [6.07, 6.45) is 0. The predicted octanol–water partition coefficient (Wildman–Crippen LogP) is 3.58. The van der Waals surface area contributed by atoms with E-state index in [0.717, 1.165) is 17.2 Å². The molecular weight excluding hydrogens is 206 g/mol. The molecule has 78 valence electrons. The van der Waals surface area contributed by atoms with Gasteiger partial charge in [0.15, 0.2) is 0 Å². The average Bonchev–Trinajstić information content (AvgIpc) is 2.63. The van der Waals surface area contributed by atoms with Crippen LogP contribution >= 0.6 is 11.8 Å². The highest BCUT2D eigenvalue weighted by Crippen LogP contribution is 2.25. The number of hydrogen-bond donors (Lipinski definition) is 0. The zero-order valence-corrected chi connectivity index (χ0v) is 9.67. The summed E-state index contributed by atoms with van der Waals surface area (Å²) in [5.74, 6) is 1.77. The van der Waals surface area contributed by atoms with Crippen molar-refractivity contribution in [3.8, 4) is 0 Å². The van der Waals surface area contributed by atoms with Gasteiger partial charge in [0.2, 0.25) is 0 Å². The lowest BCUT2D eigenvalue weighted by atomic mass is 10.2. The van der Waals surface area contributed by atoms with E-state index in [2.05, 4.69) is 36.3 Å². The molecule has 0 radical (unpaired) electrons. The van der Waals surface area contributed by atoms with Gasteiger partial charge in [0.05, 0.1) is 11.4 Å². The molecule has 0 amide bonds. The highest BCUT2D eigenvalue weighted by Gasteiger charge is 2.03. The summed E-state index contributed by atoms with van der Waals surface area (Å²) in [7, 11) is 0. The SMILES string of the molecule is Cc1cc(CSc2ccccc2C)on1. The van der Waals surface area contributed by atoms with Gasteiger partial charge in [-0.3, -0.25) is 0 Å². The van der Waals surface area contributed by atoms with Gasteiger partial charge in [-0.25, -0.2) is 0 Å². The van der Waals surface area contributed by atoms with Crippen LogP contribution < -0.4 is 0 Å². The summed E-state index contributed by atoms with van der Waals surface area (Å²) in [6, 6.07) is 10.3. The van der Waals surface area contributed by atoms with Crippen molar-refractivity contribution in [1.82, 2.24) is 5.16 Å². The fourth-order valence-corrected chi connectivity index (χ4v) is 2.26. The first-order chi connectivity index (χ1) is 7.25. The largest absolute Gasteiger partial charge is 0.360 e. The number of thioether (sulfide) groups is 1. The molecule has 2 aromatic rings. The molecule has 0 aliphatic rings. The fourth-order valence-electron chi connectivity index (χ4n) is 1.35. The second kappa shape index (κ2) is 4.53. The van der Waals surface area contributed by atoms with E-state index in [4.69, 9.17) is 4.52 Å². The van der Waals surface area contributed by atoms with Crippen molar-refractivity contribution in [3.63, 3.8) is 0 Å². The first kappa shape index (κ1) is 10.3. The minimum absolute atomic E-state index is 0.839. The van der Waals surface area contributed by atoms with E-state index in [9.17, 15) is 0 Å². The number of benzene rings is 1. The molecule has 15 heavy (non-hydrogen) atoms. The molecular formula is C12H13NOS. The number of hydrogen-bond acceptors (Lipinski definition) is 3. The van der Waals surface area contributed by atoms with E-state index in [1.807, 2.05) is 13.0 Å². The lowest BCUT2D eigenvalue weighted by molar-refractivity contribution is 0.391. The molecule has 0 aliphatic carbocycles. The van der Waals surface area contributed by atoms with Crippen LogP contribution in [0.2, 0.25) is 0 Å². The normalized spacial score (nSPS) is 10.5. The van der Waals surface area contributed by atoms with Crippen molar-refractivity contribution in [1.29, 1.82) is 0 Å². The first-order valence-corrected chi connectivity index (χ1v) is 5.85. The van der Waals surface area contributed by atoms with Crippen molar-refractivity contribution < 1.29 is 4.52 Å². The van der Waals surface area contributed by atoms with Gasteiger partial charge < -0.3 is 4.52 Å². The maximum atomic E-state index is 5.16. The van der Waals surface area contributed by atoms with Crippen LogP contribution in [0.15, 0.2) is 39.8 Å². The van der Waals surface area contributed by atoms with Gasteiger partial charge >= 0.3 is 0 Å². The molecule has 3 heteroatoms. The van der Waals surface area contributed by atoms with Crippen molar-refractivity contribution in [2.45, 2.75) is 24.5 Å². The highest BCUT2D eigenvalue weighted by molar-refractivity contribution is 7.98. The predicted molar refractivity (Wildman–Crippen MR) is 62.0 cm³/mol. The standard InChI is InChI=1S/C12H13NOS/c1-9-5-3-4-6-12(9)15-8-11-7-10(2)13-14-11/h3-7H,8H2,1-2H3. The number of nitrogens with zero attached hydrogens (tertiary/aromatic N) is 1. The third-order valence-electron chi connectivity index (χ3n) is 2.14. The summed E-state index contributed by atoms with van der Waals surface area (Å²) in [5.41, 5.74) is 2.24. The Balaban J connectivity index is 2.02. The first-order valence-electron chi connectivity index (χ1n) is 4.86. The molecule has 0 unspecified atom stereocenters. The third kappa shape index (κ3) is 2.63. The smallest absolute Gasteiger partial charge is 0.147 e. The average molecular weight is 219 g/mol. The summed E-state index contributed by atoms with van der Waals surface area (Å²) in [4.78, 5) is 1.30. The lowest BCUT2D eigenvalue weighted by Gasteiger charge is -2.02. The maximum Gasteiger partial charge on any atom is 0.147 e. The van der Waals surface area contributed by atoms with Crippen LogP contribution in [0.3, 0.4) is 0 Å². The van der Waals surface area contributed by atoms with Gasteiger partial charge in [0.25, 0.3) is 0 Å². The summed E-state index contributed by atoms with van der Waals surface area (Å²) >= 11 is 1.78. The molecule has 0 saturated carbocycles. The van der Waals surface area contributed by atoms with Crippen LogP contribution in [-0.2, 0) is 5.75 Å². The van der Waals surface area contributed by atoms with Crippen LogP contribution in [-0.4, -0.2) is 5.16 Å². The Bertz CT molecular complexity index is 450. The van der Waals surface area contributed by atoms with E-state index in [-0.39, 0.29) is 0 Å². The Labute approximate surface area is 93.7 Å². The Kier molecular flexibility index (Phi) is 3.11. The molecule has 0 bridgehead atoms. The van der Waals surface area contributed by atoms with E-state index in [1.54, 1.807) is 11.8 Å². The van der Waals surface area contributed by atoms with E-state index in [0.29, 0.717) is 0 Å². The summed E-state index contributed by atoms with van der Waals surface area (Å²) in [6.45, 7) is 4.05. The molecule has 0 fully saturated rings. The molecule has 0 atom stereocenters. The molecule has 0 aliphatic heterocycles. The molecule has 2 rings (SSSR count). The number of aryl methyl sites for hydroxylation is 2. The Hall–Kier alpha value is -1.22. The van der Waals surface area contributed by atoms with Crippen LogP contribution in [0.25, 0.3) is 0 Å². The van der Waals surface area contributed by atoms with Gasteiger partial charge in [-0.15, -0.1) is 11.8 Å². The van der Waals surface area contributed by atoms with Gasteiger partial charge in [-0.2, -0.15) is 0 Å².